The maximum absolute atomic E-state index is 12.7. The first-order valence-electron chi connectivity index (χ1n) is 9.60. The van der Waals surface area contributed by atoms with Crippen LogP contribution in [0.1, 0.15) is 33.1 Å². The van der Waals surface area contributed by atoms with Crippen molar-refractivity contribution in [1.82, 2.24) is 10.6 Å². The molecule has 2 N–H and O–H groups in total. The molecule has 31 heavy (non-hydrogen) atoms. The highest BCUT2D eigenvalue weighted by atomic mass is 16.5. The van der Waals surface area contributed by atoms with Crippen molar-refractivity contribution in [2.45, 2.75) is 19.9 Å². The first-order chi connectivity index (χ1) is 14.9. The molecule has 0 aliphatic carbocycles. The maximum atomic E-state index is 12.7. The van der Waals surface area contributed by atoms with E-state index >= 15 is 0 Å². The van der Waals surface area contributed by atoms with Crippen molar-refractivity contribution in [3.63, 3.8) is 0 Å². The van der Waals surface area contributed by atoms with Gasteiger partial charge in [-0.3, -0.25) is 4.79 Å². The normalized spacial score (nSPS) is 15.6. The largest absolute Gasteiger partial charge is 0.493 e. The van der Waals surface area contributed by atoms with Gasteiger partial charge in [0, 0.05) is 5.56 Å². The van der Waals surface area contributed by atoms with Crippen molar-refractivity contribution >= 4 is 18.3 Å². The van der Waals surface area contributed by atoms with Gasteiger partial charge in [-0.1, -0.05) is 23.8 Å². The first-order valence-corrected chi connectivity index (χ1v) is 9.60. The molecule has 0 bridgehead atoms. The van der Waals surface area contributed by atoms with Crippen LogP contribution in [0.25, 0.3) is 0 Å². The zero-order valence-corrected chi connectivity index (χ0v) is 17.8. The number of benzene rings is 2. The predicted molar refractivity (Wildman–Crippen MR) is 113 cm³/mol. The Kier molecular flexibility index (Phi) is 6.59. The van der Waals surface area contributed by atoms with E-state index in [-0.39, 0.29) is 17.9 Å². The Morgan fingerprint density at radius 1 is 1.10 bits per heavy atom. The minimum Gasteiger partial charge on any atom is -0.493 e. The van der Waals surface area contributed by atoms with Gasteiger partial charge < -0.3 is 24.8 Å². The number of esters is 1. The molecular weight excluding hydrogens is 400 g/mol. The van der Waals surface area contributed by atoms with E-state index in [9.17, 15) is 14.4 Å². The third kappa shape index (κ3) is 4.69. The van der Waals surface area contributed by atoms with Gasteiger partial charge in [0.1, 0.15) is 12.9 Å². The summed E-state index contributed by atoms with van der Waals surface area (Å²) in [5.74, 6) is 0.136. The molecule has 3 rings (SSSR count). The van der Waals surface area contributed by atoms with Gasteiger partial charge in [0.15, 0.2) is 11.5 Å². The van der Waals surface area contributed by atoms with Crippen LogP contribution in [-0.2, 0) is 9.53 Å². The van der Waals surface area contributed by atoms with Gasteiger partial charge in [-0.15, -0.1) is 0 Å². The fraction of sp³-hybridized carbons (Fsp3) is 0.261. The van der Waals surface area contributed by atoms with E-state index < -0.39 is 18.0 Å². The minimum atomic E-state index is -0.695. The molecule has 1 aliphatic heterocycles. The summed E-state index contributed by atoms with van der Waals surface area (Å²) in [6.45, 7) is 3.73. The molecule has 0 fully saturated rings. The smallest absolute Gasteiger partial charge is 0.338 e. The molecule has 0 aromatic heterocycles. The summed E-state index contributed by atoms with van der Waals surface area (Å²) in [5.41, 5.74) is 3.67. The molecule has 1 heterocycles. The van der Waals surface area contributed by atoms with E-state index in [2.05, 4.69) is 10.6 Å². The second-order valence-electron chi connectivity index (χ2n) is 7.09. The number of urea groups is 1. The molecule has 1 atom stereocenters. The SMILES string of the molecule is COC(=O)C1=C(COc2ccc(C=O)cc2OC)NC(=O)N[C@H]1c1cc(C)ccc1C. The molecule has 1 aliphatic rings. The Morgan fingerprint density at radius 2 is 1.87 bits per heavy atom. The molecule has 0 saturated carbocycles. The average molecular weight is 424 g/mol. The number of rotatable bonds is 7. The first kappa shape index (κ1) is 21.9. The van der Waals surface area contributed by atoms with E-state index in [1.165, 1.54) is 20.3 Å². The number of carbonyl (C=O) groups is 3. The lowest BCUT2D eigenvalue weighted by atomic mass is 9.91. The highest BCUT2D eigenvalue weighted by molar-refractivity contribution is 5.95. The number of aldehydes is 1. The summed E-state index contributed by atoms with van der Waals surface area (Å²) in [6, 6.07) is 9.38. The fourth-order valence-electron chi connectivity index (χ4n) is 3.41. The highest BCUT2D eigenvalue weighted by Crippen LogP contribution is 2.32. The fourth-order valence-corrected chi connectivity index (χ4v) is 3.41. The van der Waals surface area contributed by atoms with Gasteiger partial charge in [0.05, 0.1) is 31.5 Å². The van der Waals surface area contributed by atoms with E-state index in [1.807, 2.05) is 32.0 Å². The van der Waals surface area contributed by atoms with E-state index in [1.54, 1.807) is 12.1 Å². The lowest BCUT2D eigenvalue weighted by molar-refractivity contribution is -0.136. The number of hydrogen-bond acceptors (Lipinski definition) is 6. The number of aryl methyl sites for hydroxylation is 2. The number of carbonyl (C=O) groups excluding carboxylic acids is 3. The molecule has 0 unspecified atom stereocenters. The predicted octanol–water partition coefficient (Wildman–Crippen LogP) is 2.98. The molecule has 162 valence electrons. The third-order valence-electron chi connectivity index (χ3n) is 5.00. The third-order valence-corrected chi connectivity index (χ3v) is 5.00. The number of nitrogens with one attached hydrogen (secondary N) is 2. The number of methoxy groups -OCH3 is 2. The molecule has 0 radical (unpaired) electrons. The lowest BCUT2D eigenvalue weighted by Gasteiger charge is -2.30. The van der Waals surface area contributed by atoms with Crippen LogP contribution in [-0.4, -0.2) is 39.1 Å². The monoisotopic (exact) mass is 424 g/mol. The van der Waals surface area contributed by atoms with Gasteiger partial charge in [-0.25, -0.2) is 9.59 Å². The quantitative estimate of drug-likeness (QED) is 0.523. The van der Waals surface area contributed by atoms with Gasteiger partial charge in [0.25, 0.3) is 0 Å². The van der Waals surface area contributed by atoms with Gasteiger partial charge in [-0.2, -0.15) is 0 Å². The minimum absolute atomic E-state index is 0.115. The Bertz CT molecular complexity index is 1060. The van der Waals surface area contributed by atoms with Crippen LogP contribution in [0.4, 0.5) is 4.79 Å². The van der Waals surface area contributed by atoms with Crippen LogP contribution in [0.3, 0.4) is 0 Å². The van der Waals surface area contributed by atoms with Gasteiger partial charge in [0.2, 0.25) is 0 Å². The Labute approximate surface area is 180 Å². The van der Waals surface area contributed by atoms with Crippen molar-refractivity contribution in [2.75, 3.05) is 20.8 Å². The molecule has 0 spiro atoms. The summed E-state index contributed by atoms with van der Waals surface area (Å²) < 4.78 is 16.1. The summed E-state index contributed by atoms with van der Waals surface area (Å²) in [7, 11) is 2.74. The number of amides is 2. The van der Waals surface area contributed by atoms with Crippen molar-refractivity contribution in [3.8, 4) is 11.5 Å². The van der Waals surface area contributed by atoms with Crippen LogP contribution in [0, 0.1) is 13.8 Å². The van der Waals surface area contributed by atoms with Crippen molar-refractivity contribution in [1.29, 1.82) is 0 Å². The van der Waals surface area contributed by atoms with Crippen LogP contribution in [0.2, 0.25) is 0 Å². The molecule has 2 aromatic carbocycles. The Hall–Kier alpha value is -3.81. The van der Waals surface area contributed by atoms with Crippen LogP contribution < -0.4 is 20.1 Å². The van der Waals surface area contributed by atoms with E-state index in [0.29, 0.717) is 23.3 Å². The van der Waals surface area contributed by atoms with Crippen molar-refractivity contribution in [2.24, 2.45) is 0 Å². The Balaban J connectivity index is 2.01. The highest BCUT2D eigenvalue weighted by Gasteiger charge is 2.34. The number of hydrogen-bond donors (Lipinski definition) is 2. The standard InChI is InChI=1S/C23H24N2O6/c1-13-5-6-14(2)16(9-13)21-20(22(27)30-4)17(24-23(28)25-21)12-31-18-8-7-15(11-26)10-19(18)29-3/h5-11,21H,12H2,1-4H3,(H2,24,25,28)/t21-/m0/s1. The zero-order valence-electron chi connectivity index (χ0n) is 17.8. The molecule has 2 amide bonds. The summed E-state index contributed by atoms with van der Waals surface area (Å²) >= 11 is 0. The molecule has 8 nitrogen and oxygen atoms in total. The van der Waals surface area contributed by atoms with Crippen LogP contribution in [0.15, 0.2) is 47.7 Å². The van der Waals surface area contributed by atoms with Crippen LogP contribution >= 0.6 is 0 Å². The van der Waals surface area contributed by atoms with E-state index in [0.717, 1.165) is 16.7 Å². The summed E-state index contributed by atoms with van der Waals surface area (Å²) in [4.78, 5) is 36.1. The second-order valence-corrected chi connectivity index (χ2v) is 7.09. The second kappa shape index (κ2) is 9.34. The van der Waals surface area contributed by atoms with Crippen LogP contribution in [0.5, 0.6) is 11.5 Å². The Morgan fingerprint density at radius 3 is 2.55 bits per heavy atom. The zero-order chi connectivity index (χ0) is 22.5. The lowest BCUT2D eigenvalue weighted by Crippen LogP contribution is -2.47. The topological polar surface area (TPSA) is 103 Å². The molecular formula is C23H24N2O6. The number of ether oxygens (including phenoxy) is 3. The van der Waals surface area contributed by atoms with Crippen molar-refractivity contribution < 1.29 is 28.6 Å². The summed E-state index contributed by atoms with van der Waals surface area (Å²) in [6.07, 6.45) is 0.700. The molecule has 0 saturated heterocycles. The molecule has 2 aromatic rings. The maximum Gasteiger partial charge on any atom is 0.338 e. The molecule has 8 heteroatoms. The average Bonchev–Trinajstić information content (AvgIpc) is 2.78. The summed E-state index contributed by atoms with van der Waals surface area (Å²) in [5, 5.41) is 5.46. The van der Waals surface area contributed by atoms with Gasteiger partial charge >= 0.3 is 12.0 Å². The van der Waals surface area contributed by atoms with Gasteiger partial charge in [-0.05, 0) is 43.2 Å². The van der Waals surface area contributed by atoms with Crippen molar-refractivity contribution in [3.05, 3.63) is 69.9 Å². The van der Waals surface area contributed by atoms with E-state index in [4.69, 9.17) is 14.2 Å².